The van der Waals surface area contributed by atoms with Crippen molar-refractivity contribution >= 4 is 11.8 Å². The Morgan fingerprint density at radius 3 is 2.00 bits per heavy atom. The molecule has 64 valence electrons. The van der Waals surface area contributed by atoms with Gasteiger partial charge < -0.3 is 5.11 Å². The molecule has 0 bridgehead atoms. The quantitative estimate of drug-likeness (QED) is 0.633. The normalized spacial score (nSPS) is 11.2. The van der Waals surface area contributed by atoms with Gasteiger partial charge in [-0.15, -0.1) is 0 Å². The maximum absolute atomic E-state index is 10.9. The van der Waals surface area contributed by atoms with Crippen LogP contribution in [0, 0.1) is 5.41 Å². The largest absolute Gasteiger partial charge is 0.481 e. The lowest BCUT2D eigenvalue weighted by molar-refractivity contribution is -0.140. The zero-order chi connectivity index (χ0) is 9.07. The van der Waals surface area contributed by atoms with Crippen LogP contribution in [0.4, 0.5) is 0 Å². The lowest BCUT2D eigenvalue weighted by Crippen LogP contribution is -2.15. The maximum atomic E-state index is 10.9. The highest BCUT2D eigenvalue weighted by atomic mass is 16.4. The number of aliphatic carboxylic acids is 1. The second-order valence-corrected chi connectivity index (χ2v) is 3.85. The summed E-state index contributed by atoms with van der Waals surface area (Å²) in [5, 5.41) is 8.26. The van der Waals surface area contributed by atoms with Gasteiger partial charge in [-0.3, -0.25) is 9.59 Å². The highest BCUT2D eigenvalue weighted by molar-refractivity contribution is 5.94. The van der Waals surface area contributed by atoms with E-state index in [2.05, 4.69) is 0 Å². The summed E-state index contributed by atoms with van der Waals surface area (Å²) in [6.45, 7) is 5.73. The van der Waals surface area contributed by atoms with Crippen molar-refractivity contribution in [3.05, 3.63) is 0 Å². The average Bonchev–Trinajstić information content (AvgIpc) is 1.53. The van der Waals surface area contributed by atoms with Crippen molar-refractivity contribution in [3.63, 3.8) is 0 Å². The van der Waals surface area contributed by atoms with Gasteiger partial charge in [0.05, 0.1) is 0 Å². The molecule has 0 saturated heterocycles. The molecule has 0 aliphatic heterocycles. The van der Waals surface area contributed by atoms with Gasteiger partial charge in [-0.25, -0.2) is 0 Å². The fraction of sp³-hybridized carbons (Fsp3) is 0.750. The van der Waals surface area contributed by atoms with Crippen molar-refractivity contribution in [2.75, 3.05) is 0 Å². The molecule has 0 fully saturated rings. The molecule has 0 amide bonds. The second kappa shape index (κ2) is 3.51. The van der Waals surface area contributed by atoms with Crippen LogP contribution < -0.4 is 0 Å². The molecule has 11 heavy (non-hydrogen) atoms. The summed E-state index contributed by atoms with van der Waals surface area (Å²) >= 11 is 0. The minimum atomic E-state index is -1.04. The lowest BCUT2D eigenvalue weighted by atomic mass is 9.89. The van der Waals surface area contributed by atoms with Gasteiger partial charge in [-0.2, -0.15) is 0 Å². The Hall–Kier alpha value is -0.860. The predicted octanol–water partition coefficient (Wildman–Crippen LogP) is 1.47. The Morgan fingerprint density at radius 2 is 1.73 bits per heavy atom. The molecule has 3 nitrogen and oxygen atoms in total. The van der Waals surface area contributed by atoms with E-state index in [4.69, 9.17) is 5.11 Å². The fourth-order valence-corrected chi connectivity index (χ4v) is 0.823. The van der Waals surface area contributed by atoms with E-state index in [-0.39, 0.29) is 17.6 Å². The molecule has 0 aromatic rings. The first-order valence-corrected chi connectivity index (χ1v) is 3.55. The van der Waals surface area contributed by atoms with Gasteiger partial charge in [0.2, 0.25) is 0 Å². The number of carboxylic acid groups (broad SMARTS) is 1. The molecule has 0 aromatic carbocycles. The van der Waals surface area contributed by atoms with Gasteiger partial charge in [0, 0.05) is 6.42 Å². The third-order valence-corrected chi connectivity index (χ3v) is 1.08. The van der Waals surface area contributed by atoms with E-state index >= 15 is 0 Å². The molecule has 0 rings (SSSR count). The van der Waals surface area contributed by atoms with Crippen molar-refractivity contribution in [1.29, 1.82) is 0 Å². The average molecular weight is 158 g/mol. The van der Waals surface area contributed by atoms with Crippen LogP contribution in [0.2, 0.25) is 0 Å². The molecule has 0 saturated carbocycles. The van der Waals surface area contributed by atoms with E-state index in [1.807, 2.05) is 20.8 Å². The van der Waals surface area contributed by atoms with E-state index in [9.17, 15) is 9.59 Å². The van der Waals surface area contributed by atoms with Crippen LogP contribution in [0.25, 0.3) is 0 Å². The number of rotatable bonds is 3. The predicted molar refractivity (Wildman–Crippen MR) is 41.3 cm³/mol. The van der Waals surface area contributed by atoms with Crippen LogP contribution in [0.3, 0.4) is 0 Å². The van der Waals surface area contributed by atoms with Crippen molar-refractivity contribution in [2.45, 2.75) is 33.6 Å². The third kappa shape index (κ3) is 7.03. The molecular weight excluding hydrogens is 144 g/mol. The van der Waals surface area contributed by atoms with E-state index in [1.54, 1.807) is 0 Å². The van der Waals surface area contributed by atoms with Crippen LogP contribution in [0.1, 0.15) is 33.6 Å². The molecule has 0 aliphatic rings. The minimum Gasteiger partial charge on any atom is -0.481 e. The molecule has 1 N–H and O–H groups in total. The smallest absolute Gasteiger partial charge is 0.310 e. The summed E-state index contributed by atoms with van der Waals surface area (Å²) in [5.41, 5.74) is -0.105. The van der Waals surface area contributed by atoms with Crippen molar-refractivity contribution < 1.29 is 14.7 Å². The maximum Gasteiger partial charge on any atom is 0.310 e. The van der Waals surface area contributed by atoms with Crippen LogP contribution in [0.5, 0.6) is 0 Å². The van der Waals surface area contributed by atoms with E-state index < -0.39 is 5.97 Å². The summed E-state index contributed by atoms with van der Waals surface area (Å²) in [7, 11) is 0. The van der Waals surface area contributed by atoms with E-state index in [1.165, 1.54) is 0 Å². The third-order valence-electron chi connectivity index (χ3n) is 1.08. The number of carbonyl (C=O) groups is 2. The summed E-state index contributed by atoms with van der Waals surface area (Å²) in [6, 6.07) is 0. The van der Waals surface area contributed by atoms with Crippen molar-refractivity contribution in [2.24, 2.45) is 5.41 Å². The van der Waals surface area contributed by atoms with Crippen molar-refractivity contribution in [3.8, 4) is 0 Å². The number of Topliss-reactive ketones (excluding diaryl/α,β-unsaturated/α-hetero) is 1. The van der Waals surface area contributed by atoms with Gasteiger partial charge in [0.25, 0.3) is 0 Å². The van der Waals surface area contributed by atoms with E-state index in [0.717, 1.165) is 0 Å². The van der Waals surface area contributed by atoms with Crippen LogP contribution in [-0.2, 0) is 9.59 Å². The highest BCUT2D eigenvalue weighted by Gasteiger charge is 2.17. The first-order valence-electron chi connectivity index (χ1n) is 3.55. The summed E-state index contributed by atoms with van der Waals surface area (Å²) in [4.78, 5) is 21.0. The Labute approximate surface area is 66.4 Å². The molecule has 0 aromatic heterocycles. The van der Waals surface area contributed by atoms with Gasteiger partial charge in [-0.05, 0) is 5.41 Å². The Bertz CT molecular complexity index is 165. The number of hydrogen-bond acceptors (Lipinski definition) is 2. The Morgan fingerprint density at radius 1 is 1.27 bits per heavy atom. The lowest BCUT2D eigenvalue weighted by Gasteiger charge is -2.15. The molecule has 3 heteroatoms. The van der Waals surface area contributed by atoms with Gasteiger partial charge in [0.15, 0.2) is 0 Å². The van der Waals surface area contributed by atoms with Gasteiger partial charge in [0.1, 0.15) is 12.2 Å². The van der Waals surface area contributed by atoms with Crippen molar-refractivity contribution in [1.82, 2.24) is 0 Å². The highest BCUT2D eigenvalue weighted by Crippen LogP contribution is 2.19. The molecule has 0 spiro atoms. The second-order valence-electron chi connectivity index (χ2n) is 3.85. The summed E-state index contributed by atoms with van der Waals surface area (Å²) < 4.78 is 0. The molecule has 0 radical (unpaired) electrons. The van der Waals surface area contributed by atoms with Gasteiger partial charge in [-0.1, -0.05) is 20.8 Å². The summed E-state index contributed by atoms with van der Waals surface area (Å²) in [6.07, 6.45) is -0.0173. The number of hydrogen-bond donors (Lipinski definition) is 1. The molecule has 0 aliphatic carbocycles. The molecule has 0 heterocycles. The topological polar surface area (TPSA) is 54.4 Å². The first kappa shape index (κ1) is 10.1. The van der Waals surface area contributed by atoms with Crippen LogP contribution in [-0.4, -0.2) is 16.9 Å². The number of ketones is 1. The van der Waals surface area contributed by atoms with Crippen LogP contribution in [0.15, 0.2) is 0 Å². The SMILES string of the molecule is CC(C)(C)CC(=O)CC(=O)O. The number of carboxylic acids is 1. The molecule has 0 unspecified atom stereocenters. The standard InChI is InChI=1S/C8H14O3/c1-8(2,3)5-6(9)4-7(10)11/h4-5H2,1-3H3,(H,10,11). The zero-order valence-electron chi connectivity index (χ0n) is 7.18. The number of carbonyl (C=O) groups excluding carboxylic acids is 1. The Balaban J connectivity index is 3.80. The monoisotopic (exact) mass is 158 g/mol. The zero-order valence-corrected chi connectivity index (χ0v) is 7.18. The Kier molecular flexibility index (Phi) is 3.23. The first-order chi connectivity index (χ1) is 4.81. The summed E-state index contributed by atoms with van der Waals surface area (Å²) in [5.74, 6) is -1.25. The van der Waals surface area contributed by atoms with Crippen LogP contribution >= 0.6 is 0 Å². The molecule has 0 atom stereocenters. The molecular formula is C8H14O3. The van der Waals surface area contributed by atoms with E-state index in [0.29, 0.717) is 6.42 Å². The van der Waals surface area contributed by atoms with Gasteiger partial charge >= 0.3 is 5.97 Å². The fourth-order valence-electron chi connectivity index (χ4n) is 0.823. The minimum absolute atomic E-state index is 0.105.